The Hall–Kier alpha value is -1.53. The summed E-state index contributed by atoms with van der Waals surface area (Å²) in [4.78, 5) is 15.4. The lowest BCUT2D eigenvalue weighted by molar-refractivity contribution is -0.121. The number of carbonyl (C=O) groups excluding carboxylic acids is 1. The van der Waals surface area contributed by atoms with Crippen LogP contribution in [0, 0.1) is 12.7 Å². The summed E-state index contributed by atoms with van der Waals surface area (Å²) in [6.45, 7) is 1.93. The molecule has 0 aliphatic heterocycles. The minimum Gasteiger partial charge on any atom is -0.396 e. The van der Waals surface area contributed by atoms with Gasteiger partial charge in [-0.25, -0.2) is 4.39 Å². The molecule has 3 N–H and O–H groups in total. The summed E-state index contributed by atoms with van der Waals surface area (Å²) < 4.78 is 13.4. The van der Waals surface area contributed by atoms with Crippen molar-refractivity contribution in [1.29, 1.82) is 0 Å². The normalized spacial score (nSPS) is 12.5. The third kappa shape index (κ3) is 4.01. The maximum atomic E-state index is 13.4. The zero-order valence-corrected chi connectivity index (χ0v) is 13.6. The molecule has 1 aromatic carbocycles. The van der Waals surface area contributed by atoms with Crippen LogP contribution in [0.25, 0.3) is 10.9 Å². The minimum absolute atomic E-state index is 0.0445. The number of halogens is 1. The Morgan fingerprint density at radius 3 is 2.95 bits per heavy atom. The Morgan fingerprint density at radius 2 is 2.27 bits per heavy atom. The second kappa shape index (κ2) is 7.65. The number of carbonyl (C=O) groups is 1. The molecule has 2 rings (SSSR count). The quantitative estimate of drug-likeness (QED) is 0.733. The van der Waals surface area contributed by atoms with Gasteiger partial charge in [0.25, 0.3) is 0 Å². The number of aromatic amines is 1. The van der Waals surface area contributed by atoms with Crippen molar-refractivity contribution in [1.82, 2.24) is 10.3 Å². The molecule has 0 fully saturated rings. The van der Waals surface area contributed by atoms with Crippen LogP contribution in [0.5, 0.6) is 0 Å². The van der Waals surface area contributed by atoms with Gasteiger partial charge in [-0.05, 0) is 43.4 Å². The molecule has 0 aliphatic carbocycles. The molecule has 0 spiro atoms. The van der Waals surface area contributed by atoms with Gasteiger partial charge >= 0.3 is 0 Å². The van der Waals surface area contributed by atoms with E-state index in [2.05, 4.69) is 10.3 Å². The van der Waals surface area contributed by atoms with E-state index >= 15 is 0 Å². The molecule has 6 heteroatoms. The molecule has 0 bridgehead atoms. The van der Waals surface area contributed by atoms with Crippen LogP contribution in [0.15, 0.2) is 18.2 Å². The number of thioether (sulfide) groups is 1. The first kappa shape index (κ1) is 16.8. The van der Waals surface area contributed by atoms with Gasteiger partial charge in [-0.1, -0.05) is 0 Å². The molecule has 1 unspecified atom stereocenters. The van der Waals surface area contributed by atoms with Gasteiger partial charge in [-0.15, -0.1) is 0 Å². The fourth-order valence-electron chi connectivity index (χ4n) is 2.58. The first-order valence-corrected chi connectivity index (χ1v) is 8.60. The highest BCUT2D eigenvalue weighted by Crippen LogP contribution is 2.23. The molecule has 22 heavy (non-hydrogen) atoms. The van der Waals surface area contributed by atoms with Crippen LogP contribution in [0.4, 0.5) is 4.39 Å². The van der Waals surface area contributed by atoms with Crippen molar-refractivity contribution in [3.05, 3.63) is 35.3 Å². The molecule has 4 nitrogen and oxygen atoms in total. The van der Waals surface area contributed by atoms with Crippen LogP contribution in [0.2, 0.25) is 0 Å². The van der Waals surface area contributed by atoms with Gasteiger partial charge in [0.05, 0.1) is 6.42 Å². The number of aliphatic hydroxyl groups is 1. The predicted octanol–water partition coefficient (Wildman–Crippen LogP) is 2.39. The van der Waals surface area contributed by atoms with Crippen LogP contribution in [0.1, 0.15) is 17.7 Å². The maximum absolute atomic E-state index is 13.4. The van der Waals surface area contributed by atoms with Crippen molar-refractivity contribution >= 4 is 28.6 Å². The van der Waals surface area contributed by atoms with E-state index in [1.807, 2.05) is 13.2 Å². The number of amides is 1. The van der Waals surface area contributed by atoms with Crippen molar-refractivity contribution in [3.8, 4) is 0 Å². The van der Waals surface area contributed by atoms with Gasteiger partial charge in [0.15, 0.2) is 0 Å². The van der Waals surface area contributed by atoms with E-state index in [-0.39, 0.29) is 30.8 Å². The highest BCUT2D eigenvalue weighted by Gasteiger charge is 2.16. The lowest BCUT2D eigenvalue weighted by Gasteiger charge is -2.16. The van der Waals surface area contributed by atoms with Crippen molar-refractivity contribution < 1.29 is 14.3 Å². The van der Waals surface area contributed by atoms with Gasteiger partial charge in [-0.2, -0.15) is 11.8 Å². The number of hydrogen-bond acceptors (Lipinski definition) is 3. The van der Waals surface area contributed by atoms with E-state index in [1.165, 1.54) is 12.1 Å². The molecule has 0 saturated carbocycles. The number of hydrogen-bond donors (Lipinski definition) is 3. The van der Waals surface area contributed by atoms with Crippen molar-refractivity contribution in [2.24, 2.45) is 0 Å². The van der Waals surface area contributed by atoms with Crippen LogP contribution in [-0.2, 0) is 11.2 Å². The van der Waals surface area contributed by atoms with E-state index in [4.69, 9.17) is 5.11 Å². The Bertz CT molecular complexity index is 651. The topological polar surface area (TPSA) is 65.1 Å². The Labute approximate surface area is 133 Å². The van der Waals surface area contributed by atoms with Crippen LogP contribution >= 0.6 is 11.8 Å². The van der Waals surface area contributed by atoms with Crippen molar-refractivity contribution in [2.75, 3.05) is 18.6 Å². The van der Waals surface area contributed by atoms with Crippen LogP contribution in [-0.4, -0.2) is 40.7 Å². The summed E-state index contributed by atoms with van der Waals surface area (Å²) >= 11 is 1.63. The highest BCUT2D eigenvalue weighted by atomic mass is 32.2. The Balaban J connectivity index is 2.14. The summed E-state index contributed by atoms with van der Waals surface area (Å²) in [5, 5.41) is 12.7. The van der Waals surface area contributed by atoms with Gasteiger partial charge in [0.1, 0.15) is 5.82 Å². The van der Waals surface area contributed by atoms with E-state index in [0.717, 1.165) is 27.9 Å². The molecule has 1 heterocycles. The number of nitrogens with one attached hydrogen (secondary N) is 2. The Morgan fingerprint density at radius 1 is 1.50 bits per heavy atom. The molecule has 1 amide bonds. The van der Waals surface area contributed by atoms with Gasteiger partial charge in [-0.3, -0.25) is 4.79 Å². The largest absolute Gasteiger partial charge is 0.396 e. The second-order valence-corrected chi connectivity index (χ2v) is 6.24. The third-order valence-corrected chi connectivity index (χ3v) is 4.37. The number of aryl methyl sites for hydroxylation is 1. The summed E-state index contributed by atoms with van der Waals surface area (Å²) in [5.41, 5.74) is 2.52. The van der Waals surface area contributed by atoms with E-state index < -0.39 is 0 Å². The summed E-state index contributed by atoms with van der Waals surface area (Å²) in [7, 11) is 0. The molecular weight excluding hydrogens is 303 g/mol. The molecule has 0 saturated heterocycles. The zero-order valence-electron chi connectivity index (χ0n) is 12.8. The van der Waals surface area contributed by atoms with E-state index in [0.29, 0.717) is 6.42 Å². The zero-order chi connectivity index (χ0) is 16.1. The van der Waals surface area contributed by atoms with E-state index in [9.17, 15) is 9.18 Å². The summed E-state index contributed by atoms with van der Waals surface area (Å²) in [5.74, 6) is 0.336. The number of aromatic nitrogens is 1. The predicted molar refractivity (Wildman–Crippen MR) is 88.7 cm³/mol. The van der Waals surface area contributed by atoms with Gasteiger partial charge < -0.3 is 15.4 Å². The number of aliphatic hydroxyl groups excluding tert-OH is 1. The fourth-order valence-corrected chi connectivity index (χ4v) is 3.23. The summed E-state index contributed by atoms with van der Waals surface area (Å²) in [6, 6.07) is 4.49. The average molecular weight is 324 g/mol. The number of rotatable bonds is 7. The highest BCUT2D eigenvalue weighted by molar-refractivity contribution is 7.98. The molecule has 0 aliphatic rings. The third-order valence-electron chi connectivity index (χ3n) is 3.63. The smallest absolute Gasteiger partial charge is 0.224 e. The maximum Gasteiger partial charge on any atom is 0.224 e. The van der Waals surface area contributed by atoms with Gasteiger partial charge in [0.2, 0.25) is 5.91 Å². The number of H-pyrrole nitrogens is 1. The monoisotopic (exact) mass is 324 g/mol. The van der Waals surface area contributed by atoms with Gasteiger partial charge in [0, 0.05) is 35.0 Å². The molecule has 120 valence electrons. The fraction of sp³-hybridized carbons (Fsp3) is 0.438. The second-order valence-electron chi connectivity index (χ2n) is 5.33. The minimum atomic E-state index is -0.311. The first-order chi connectivity index (χ1) is 10.5. The van der Waals surface area contributed by atoms with Crippen LogP contribution in [0.3, 0.4) is 0 Å². The van der Waals surface area contributed by atoms with Crippen molar-refractivity contribution in [2.45, 2.75) is 25.8 Å². The first-order valence-electron chi connectivity index (χ1n) is 7.21. The molecule has 0 radical (unpaired) electrons. The van der Waals surface area contributed by atoms with Crippen LogP contribution < -0.4 is 5.32 Å². The number of fused-ring (bicyclic) bond motifs is 1. The lowest BCUT2D eigenvalue weighted by atomic mass is 10.1. The molecule has 2 aromatic rings. The van der Waals surface area contributed by atoms with Crippen molar-refractivity contribution in [3.63, 3.8) is 0 Å². The average Bonchev–Trinajstić information content (AvgIpc) is 2.75. The Kier molecular flexibility index (Phi) is 5.85. The molecule has 1 atom stereocenters. The number of benzene rings is 1. The standard InChI is InChI=1S/C16H21FN2O2S/c1-10-13(14-7-11(17)3-4-15(14)18-10)8-16(21)19-12(5-6-20)9-22-2/h3-4,7,12,18,20H,5-6,8-9H2,1-2H3,(H,19,21). The molecular formula is C16H21FN2O2S. The molecule has 1 aromatic heterocycles. The van der Waals surface area contributed by atoms with E-state index in [1.54, 1.807) is 17.8 Å². The lowest BCUT2D eigenvalue weighted by Crippen LogP contribution is -2.38. The SMILES string of the molecule is CSCC(CCO)NC(=O)Cc1c(C)[nH]c2ccc(F)cc12. The summed E-state index contributed by atoms with van der Waals surface area (Å²) in [6.07, 6.45) is 2.70.